The lowest BCUT2D eigenvalue weighted by Gasteiger charge is -2.21. The lowest BCUT2D eigenvalue weighted by molar-refractivity contribution is 0.0359. The van der Waals surface area contributed by atoms with E-state index >= 15 is 0 Å². The molecular weight excluding hydrogens is 311 g/mol. The second-order valence-electron chi connectivity index (χ2n) is 6.51. The van der Waals surface area contributed by atoms with Crippen molar-refractivity contribution in [1.82, 2.24) is 10.6 Å². The SMILES string of the molecule is Cc1ccc([C@](C)(O)CNC(=O)N[C@@H]2C[C@@H]2c2cccc(F)c2)o1. The third kappa shape index (κ3) is 3.76. The van der Waals surface area contributed by atoms with E-state index in [0.29, 0.717) is 11.5 Å². The summed E-state index contributed by atoms with van der Waals surface area (Å²) in [4.78, 5) is 12.0. The molecule has 0 aliphatic heterocycles. The Morgan fingerprint density at radius 2 is 2.21 bits per heavy atom. The first kappa shape index (κ1) is 16.5. The van der Waals surface area contributed by atoms with Crippen molar-refractivity contribution in [3.63, 3.8) is 0 Å². The summed E-state index contributed by atoms with van der Waals surface area (Å²) >= 11 is 0. The minimum atomic E-state index is -1.28. The van der Waals surface area contributed by atoms with Crippen LogP contribution in [-0.2, 0) is 5.60 Å². The van der Waals surface area contributed by atoms with Gasteiger partial charge in [-0.1, -0.05) is 12.1 Å². The van der Waals surface area contributed by atoms with Crippen molar-refractivity contribution in [3.05, 3.63) is 59.3 Å². The van der Waals surface area contributed by atoms with Crippen molar-refractivity contribution in [2.75, 3.05) is 6.54 Å². The van der Waals surface area contributed by atoms with E-state index in [0.717, 1.165) is 12.0 Å². The summed E-state index contributed by atoms with van der Waals surface area (Å²) in [5.74, 6) is 0.974. The van der Waals surface area contributed by atoms with Gasteiger partial charge in [0.15, 0.2) is 0 Å². The van der Waals surface area contributed by atoms with Gasteiger partial charge < -0.3 is 20.2 Å². The largest absolute Gasteiger partial charge is 0.463 e. The first-order chi connectivity index (χ1) is 11.3. The average molecular weight is 332 g/mol. The molecule has 1 aromatic heterocycles. The van der Waals surface area contributed by atoms with E-state index < -0.39 is 5.60 Å². The van der Waals surface area contributed by atoms with Crippen molar-refractivity contribution < 1.29 is 18.7 Å². The highest BCUT2D eigenvalue weighted by Crippen LogP contribution is 2.40. The molecule has 1 saturated carbocycles. The lowest BCUT2D eigenvalue weighted by atomic mass is 10.0. The molecule has 3 rings (SSSR count). The minimum Gasteiger partial charge on any atom is -0.463 e. The van der Waals surface area contributed by atoms with Gasteiger partial charge in [0.2, 0.25) is 0 Å². The van der Waals surface area contributed by atoms with Crippen LogP contribution in [0.15, 0.2) is 40.8 Å². The summed E-state index contributed by atoms with van der Waals surface area (Å²) in [6.07, 6.45) is 0.782. The highest BCUT2D eigenvalue weighted by atomic mass is 19.1. The Morgan fingerprint density at radius 3 is 2.88 bits per heavy atom. The Balaban J connectivity index is 1.49. The Kier molecular flexibility index (Phi) is 4.32. The average Bonchev–Trinajstić information content (AvgIpc) is 3.14. The van der Waals surface area contributed by atoms with Crippen LogP contribution in [0.3, 0.4) is 0 Å². The van der Waals surface area contributed by atoms with Gasteiger partial charge in [-0.2, -0.15) is 0 Å². The molecule has 1 aliphatic rings. The monoisotopic (exact) mass is 332 g/mol. The zero-order chi connectivity index (χ0) is 17.3. The van der Waals surface area contributed by atoms with Gasteiger partial charge >= 0.3 is 6.03 Å². The van der Waals surface area contributed by atoms with Crippen LogP contribution in [0, 0.1) is 12.7 Å². The van der Waals surface area contributed by atoms with Gasteiger partial charge in [0, 0.05) is 12.0 Å². The minimum absolute atomic E-state index is 0.0115. The van der Waals surface area contributed by atoms with Gasteiger partial charge in [-0.25, -0.2) is 9.18 Å². The molecule has 0 radical (unpaired) electrons. The quantitative estimate of drug-likeness (QED) is 0.788. The summed E-state index contributed by atoms with van der Waals surface area (Å²) in [6.45, 7) is 3.40. The summed E-state index contributed by atoms with van der Waals surface area (Å²) in [7, 11) is 0. The van der Waals surface area contributed by atoms with Crippen LogP contribution in [0.4, 0.5) is 9.18 Å². The third-order valence-electron chi connectivity index (χ3n) is 4.25. The number of furan rings is 1. The number of nitrogens with one attached hydrogen (secondary N) is 2. The molecule has 2 aromatic rings. The van der Waals surface area contributed by atoms with Crippen molar-refractivity contribution in [1.29, 1.82) is 0 Å². The third-order valence-corrected chi connectivity index (χ3v) is 4.25. The number of aliphatic hydroxyl groups is 1. The molecule has 2 amide bonds. The van der Waals surface area contributed by atoms with Gasteiger partial charge in [-0.05, 0) is 50.1 Å². The fourth-order valence-corrected chi connectivity index (χ4v) is 2.74. The molecule has 3 N–H and O–H groups in total. The van der Waals surface area contributed by atoms with E-state index in [-0.39, 0.29) is 30.4 Å². The fourth-order valence-electron chi connectivity index (χ4n) is 2.74. The van der Waals surface area contributed by atoms with E-state index in [9.17, 15) is 14.3 Å². The molecule has 5 nitrogen and oxygen atoms in total. The van der Waals surface area contributed by atoms with E-state index in [2.05, 4.69) is 10.6 Å². The van der Waals surface area contributed by atoms with E-state index in [1.54, 1.807) is 32.0 Å². The maximum atomic E-state index is 13.2. The number of benzene rings is 1. The predicted octanol–water partition coefficient (Wildman–Crippen LogP) is 2.79. The van der Waals surface area contributed by atoms with E-state index in [1.807, 2.05) is 6.07 Å². The maximum Gasteiger partial charge on any atom is 0.315 e. The standard InChI is InChI=1S/C18H21FN2O3/c1-11-6-7-16(24-11)18(2,23)10-20-17(22)21-15-9-14(15)12-4-3-5-13(19)8-12/h3-8,14-15,23H,9-10H2,1-2H3,(H2,20,21,22)/t14-,15-,18-/m1/s1. The normalized spacial score (nSPS) is 21.8. The van der Waals surface area contributed by atoms with Gasteiger partial charge in [-0.3, -0.25) is 0 Å². The molecular formula is C18H21FN2O3. The number of hydrogen-bond acceptors (Lipinski definition) is 3. The number of halogens is 1. The molecule has 3 atom stereocenters. The van der Waals surface area contributed by atoms with Gasteiger partial charge in [0.05, 0.1) is 6.54 Å². The molecule has 0 saturated heterocycles. The van der Waals surface area contributed by atoms with E-state index in [4.69, 9.17) is 4.42 Å². The number of carbonyl (C=O) groups excluding carboxylic acids is 1. The topological polar surface area (TPSA) is 74.5 Å². The van der Waals surface area contributed by atoms with Crippen LogP contribution in [0.25, 0.3) is 0 Å². The molecule has 6 heteroatoms. The van der Waals surface area contributed by atoms with Crippen LogP contribution < -0.4 is 10.6 Å². The number of urea groups is 1. The number of rotatable bonds is 5. The zero-order valence-corrected chi connectivity index (χ0v) is 13.7. The van der Waals surface area contributed by atoms with E-state index in [1.165, 1.54) is 12.1 Å². The van der Waals surface area contributed by atoms with Gasteiger partial charge in [0.1, 0.15) is 22.9 Å². The van der Waals surface area contributed by atoms with Crippen LogP contribution in [0.5, 0.6) is 0 Å². The van der Waals surface area contributed by atoms with Crippen LogP contribution >= 0.6 is 0 Å². The van der Waals surface area contributed by atoms with Crippen molar-refractivity contribution in [2.24, 2.45) is 0 Å². The first-order valence-electron chi connectivity index (χ1n) is 7.94. The molecule has 24 heavy (non-hydrogen) atoms. The molecule has 128 valence electrons. The number of aryl methyl sites for hydroxylation is 1. The Bertz CT molecular complexity index is 741. The molecule has 0 unspecified atom stereocenters. The molecule has 1 heterocycles. The number of hydrogen-bond donors (Lipinski definition) is 3. The second-order valence-corrected chi connectivity index (χ2v) is 6.51. The molecule has 0 bridgehead atoms. The molecule has 1 aromatic carbocycles. The van der Waals surface area contributed by atoms with Crippen LogP contribution in [0.2, 0.25) is 0 Å². The molecule has 0 spiro atoms. The molecule has 1 aliphatic carbocycles. The predicted molar refractivity (Wildman–Crippen MR) is 87.1 cm³/mol. The highest BCUT2D eigenvalue weighted by Gasteiger charge is 2.40. The summed E-state index contributed by atoms with van der Waals surface area (Å²) in [5, 5.41) is 15.9. The van der Waals surface area contributed by atoms with Crippen LogP contribution in [-0.4, -0.2) is 23.7 Å². The number of carbonyl (C=O) groups is 1. The first-order valence-corrected chi connectivity index (χ1v) is 7.94. The van der Waals surface area contributed by atoms with Gasteiger partial charge in [0.25, 0.3) is 0 Å². The van der Waals surface area contributed by atoms with Gasteiger partial charge in [-0.15, -0.1) is 0 Å². The zero-order valence-electron chi connectivity index (χ0n) is 13.7. The summed E-state index contributed by atoms with van der Waals surface area (Å²) < 4.78 is 18.6. The summed E-state index contributed by atoms with van der Waals surface area (Å²) in [6, 6.07) is 9.51. The Labute approximate surface area is 139 Å². The number of amides is 2. The Morgan fingerprint density at radius 1 is 1.42 bits per heavy atom. The smallest absolute Gasteiger partial charge is 0.315 e. The van der Waals surface area contributed by atoms with Crippen molar-refractivity contribution >= 4 is 6.03 Å². The molecule has 1 fully saturated rings. The fraction of sp³-hybridized carbons (Fsp3) is 0.389. The second kappa shape index (κ2) is 6.28. The lowest BCUT2D eigenvalue weighted by Crippen LogP contribution is -2.44. The highest BCUT2D eigenvalue weighted by molar-refractivity contribution is 5.75. The maximum absolute atomic E-state index is 13.2. The van der Waals surface area contributed by atoms with Crippen molar-refractivity contribution in [3.8, 4) is 0 Å². The van der Waals surface area contributed by atoms with Crippen LogP contribution in [0.1, 0.15) is 36.3 Å². The Hall–Kier alpha value is -2.34. The van der Waals surface area contributed by atoms with Crippen molar-refractivity contribution in [2.45, 2.75) is 37.8 Å². The summed E-state index contributed by atoms with van der Waals surface area (Å²) in [5.41, 5.74) is -0.393.